The van der Waals surface area contributed by atoms with Crippen molar-refractivity contribution in [2.24, 2.45) is 0 Å². The number of halogens is 4. The predicted molar refractivity (Wildman–Crippen MR) is 74.6 cm³/mol. The van der Waals surface area contributed by atoms with Gasteiger partial charge < -0.3 is 5.11 Å². The normalized spacial score (nSPS) is 12.5. The molecule has 1 nitrogen and oxygen atoms in total. The van der Waals surface area contributed by atoms with Gasteiger partial charge in [0.15, 0.2) is 0 Å². The summed E-state index contributed by atoms with van der Waals surface area (Å²) in [7, 11) is 0. The van der Waals surface area contributed by atoms with Crippen molar-refractivity contribution >= 4 is 39.1 Å². The largest absolute Gasteiger partial charge is 0.384 e. The average Bonchev–Trinajstić information content (AvgIpc) is 2.34. The van der Waals surface area contributed by atoms with E-state index in [0.717, 1.165) is 0 Å². The molecular formula is C13H8BrCl2FO. The first-order valence-corrected chi connectivity index (χ1v) is 6.62. The molecular weight excluding hydrogens is 342 g/mol. The second-order valence-corrected chi connectivity index (χ2v) is 5.43. The third kappa shape index (κ3) is 2.86. The Morgan fingerprint density at radius 1 is 1.06 bits per heavy atom. The van der Waals surface area contributed by atoms with Gasteiger partial charge in [-0.05, 0) is 36.4 Å². The Hall–Kier alpha value is -0.610. The van der Waals surface area contributed by atoms with Crippen molar-refractivity contribution in [3.63, 3.8) is 0 Å². The molecule has 18 heavy (non-hydrogen) atoms. The maximum Gasteiger partial charge on any atom is 0.123 e. The Morgan fingerprint density at radius 2 is 1.78 bits per heavy atom. The molecule has 0 heterocycles. The van der Waals surface area contributed by atoms with Gasteiger partial charge in [-0.15, -0.1) is 0 Å². The lowest BCUT2D eigenvalue weighted by Crippen LogP contribution is -2.02. The molecule has 0 fully saturated rings. The molecule has 0 aromatic heterocycles. The molecule has 2 aromatic rings. The summed E-state index contributed by atoms with van der Waals surface area (Å²) in [6.45, 7) is 0. The maximum atomic E-state index is 13.2. The topological polar surface area (TPSA) is 20.2 Å². The lowest BCUT2D eigenvalue weighted by molar-refractivity contribution is 0.219. The molecule has 0 bridgehead atoms. The van der Waals surface area contributed by atoms with Crippen molar-refractivity contribution in [3.05, 3.63) is 67.9 Å². The minimum atomic E-state index is -1.04. The lowest BCUT2D eigenvalue weighted by atomic mass is 10.0. The number of aliphatic hydroxyl groups is 1. The number of hydrogen-bond donors (Lipinski definition) is 1. The van der Waals surface area contributed by atoms with Crippen LogP contribution in [0, 0.1) is 5.82 Å². The lowest BCUT2D eigenvalue weighted by Gasteiger charge is -2.15. The Labute approximate surface area is 122 Å². The monoisotopic (exact) mass is 348 g/mol. The first kappa shape index (κ1) is 13.8. The van der Waals surface area contributed by atoms with Gasteiger partial charge in [-0.2, -0.15) is 0 Å². The average molecular weight is 350 g/mol. The molecule has 94 valence electrons. The van der Waals surface area contributed by atoms with E-state index in [1.54, 1.807) is 18.2 Å². The predicted octanol–water partition coefficient (Wildman–Crippen LogP) is 4.98. The number of rotatable bonds is 2. The summed E-state index contributed by atoms with van der Waals surface area (Å²) >= 11 is 15.1. The van der Waals surface area contributed by atoms with Crippen molar-refractivity contribution in [3.8, 4) is 0 Å². The van der Waals surface area contributed by atoms with Crippen LogP contribution in [0.1, 0.15) is 17.2 Å². The zero-order chi connectivity index (χ0) is 13.3. The van der Waals surface area contributed by atoms with E-state index >= 15 is 0 Å². The molecule has 0 amide bonds. The summed E-state index contributed by atoms with van der Waals surface area (Å²) in [6.07, 6.45) is -1.04. The van der Waals surface area contributed by atoms with Crippen molar-refractivity contribution in [1.29, 1.82) is 0 Å². The van der Waals surface area contributed by atoms with Gasteiger partial charge in [-0.3, -0.25) is 0 Å². The van der Waals surface area contributed by atoms with Crippen LogP contribution >= 0.6 is 39.1 Å². The fourth-order valence-corrected chi connectivity index (χ4v) is 2.48. The second kappa shape index (κ2) is 5.57. The van der Waals surface area contributed by atoms with Crippen LogP contribution in [0.2, 0.25) is 10.0 Å². The standard InChI is InChI=1S/C13H8BrCl2FO/c14-11-3-2-8(17)6-9(11)13(18)10-5-7(15)1-4-12(10)16/h1-6,13,18H. The second-order valence-electron chi connectivity index (χ2n) is 3.73. The van der Waals surface area contributed by atoms with Crippen LogP contribution in [0.4, 0.5) is 4.39 Å². The van der Waals surface area contributed by atoms with E-state index in [-0.39, 0.29) is 0 Å². The summed E-state index contributed by atoms with van der Waals surface area (Å²) in [4.78, 5) is 0. The quantitative estimate of drug-likeness (QED) is 0.810. The molecule has 1 unspecified atom stereocenters. The van der Waals surface area contributed by atoms with Gasteiger partial charge in [-0.1, -0.05) is 39.1 Å². The van der Waals surface area contributed by atoms with Crippen LogP contribution < -0.4 is 0 Å². The van der Waals surface area contributed by atoms with Crippen molar-refractivity contribution < 1.29 is 9.50 Å². The fraction of sp³-hybridized carbons (Fsp3) is 0.0769. The summed E-state index contributed by atoms with van der Waals surface area (Å²) in [5, 5.41) is 11.1. The van der Waals surface area contributed by atoms with Crippen LogP contribution in [-0.2, 0) is 0 Å². The van der Waals surface area contributed by atoms with E-state index in [1.165, 1.54) is 18.2 Å². The van der Waals surface area contributed by atoms with E-state index in [2.05, 4.69) is 15.9 Å². The minimum Gasteiger partial charge on any atom is -0.384 e. The first-order valence-electron chi connectivity index (χ1n) is 5.07. The number of aliphatic hydroxyl groups excluding tert-OH is 1. The molecule has 5 heteroatoms. The molecule has 0 aliphatic carbocycles. The van der Waals surface area contributed by atoms with Gasteiger partial charge in [0.2, 0.25) is 0 Å². The molecule has 0 spiro atoms. The minimum absolute atomic E-state index is 0.378. The summed E-state index contributed by atoms with van der Waals surface area (Å²) in [5.74, 6) is -0.426. The summed E-state index contributed by atoms with van der Waals surface area (Å²) < 4.78 is 13.8. The molecule has 0 radical (unpaired) electrons. The van der Waals surface area contributed by atoms with Gasteiger partial charge >= 0.3 is 0 Å². The Kier molecular flexibility index (Phi) is 4.28. The van der Waals surface area contributed by atoms with E-state index in [9.17, 15) is 9.50 Å². The SMILES string of the molecule is OC(c1cc(Cl)ccc1Cl)c1cc(F)ccc1Br. The molecule has 0 aliphatic rings. The molecule has 2 aromatic carbocycles. The molecule has 0 aliphatic heterocycles. The highest BCUT2D eigenvalue weighted by Crippen LogP contribution is 2.34. The van der Waals surface area contributed by atoms with Gasteiger partial charge in [0.25, 0.3) is 0 Å². The highest BCUT2D eigenvalue weighted by atomic mass is 79.9. The van der Waals surface area contributed by atoms with E-state index < -0.39 is 11.9 Å². The van der Waals surface area contributed by atoms with Crippen LogP contribution in [0.5, 0.6) is 0 Å². The van der Waals surface area contributed by atoms with Crippen molar-refractivity contribution in [2.45, 2.75) is 6.10 Å². The highest BCUT2D eigenvalue weighted by Gasteiger charge is 2.17. The Morgan fingerprint density at radius 3 is 2.50 bits per heavy atom. The number of hydrogen-bond acceptors (Lipinski definition) is 1. The zero-order valence-corrected chi connectivity index (χ0v) is 12.1. The molecule has 1 N–H and O–H groups in total. The van der Waals surface area contributed by atoms with Gasteiger partial charge in [0.1, 0.15) is 11.9 Å². The van der Waals surface area contributed by atoms with Gasteiger partial charge in [0.05, 0.1) is 0 Å². The summed E-state index contributed by atoms with van der Waals surface area (Å²) in [6, 6.07) is 8.88. The van der Waals surface area contributed by atoms with Crippen LogP contribution in [0.15, 0.2) is 40.9 Å². The van der Waals surface area contributed by atoms with E-state index in [1.807, 2.05) is 0 Å². The zero-order valence-electron chi connectivity index (χ0n) is 9.00. The maximum absolute atomic E-state index is 13.2. The smallest absolute Gasteiger partial charge is 0.123 e. The van der Waals surface area contributed by atoms with Gasteiger partial charge in [-0.25, -0.2) is 4.39 Å². The molecule has 0 saturated heterocycles. The number of benzene rings is 2. The molecule has 1 atom stereocenters. The van der Waals surface area contributed by atoms with Crippen molar-refractivity contribution in [1.82, 2.24) is 0 Å². The van der Waals surface area contributed by atoms with Crippen LogP contribution in [-0.4, -0.2) is 5.11 Å². The fourth-order valence-electron chi connectivity index (χ4n) is 1.62. The Balaban J connectivity index is 2.50. The molecule has 0 saturated carbocycles. The van der Waals surface area contributed by atoms with E-state index in [4.69, 9.17) is 23.2 Å². The van der Waals surface area contributed by atoms with Crippen molar-refractivity contribution in [2.75, 3.05) is 0 Å². The Bertz CT molecular complexity index is 538. The van der Waals surface area contributed by atoms with Crippen LogP contribution in [0.25, 0.3) is 0 Å². The van der Waals surface area contributed by atoms with Gasteiger partial charge in [0, 0.05) is 25.6 Å². The first-order chi connectivity index (χ1) is 8.49. The van der Waals surface area contributed by atoms with E-state index in [0.29, 0.717) is 25.6 Å². The molecule has 2 rings (SSSR count). The highest BCUT2D eigenvalue weighted by molar-refractivity contribution is 9.10. The third-order valence-corrected chi connectivity index (χ3v) is 3.81. The third-order valence-electron chi connectivity index (χ3n) is 2.51. The summed E-state index contributed by atoms with van der Waals surface area (Å²) in [5.41, 5.74) is 0.842. The van der Waals surface area contributed by atoms with Crippen LogP contribution in [0.3, 0.4) is 0 Å².